The van der Waals surface area contributed by atoms with E-state index in [4.69, 9.17) is 0 Å². The van der Waals surface area contributed by atoms with Gasteiger partial charge in [0.05, 0.1) is 0 Å². The molecule has 0 amide bonds. The maximum absolute atomic E-state index is 2.30. The van der Waals surface area contributed by atoms with Crippen LogP contribution in [0.3, 0.4) is 0 Å². The minimum absolute atomic E-state index is 0.708. The molecule has 0 aliphatic heterocycles. The van der Waals surface area contributed by atoms with E-state index in [2.05, 4.69) is 26.0 Å². The van der Waals surface area contributed by atoms with Crippen molar-refractivity contribution in [1.82, 2.24) is 0 Å². The summed E-state index contributed by atoms with van der Waals surface area (Å²) in [6.45, 7) is 4.55. The zero-order valence-corrected chi connectivity index (χ0v) is 9.19. The van der Waals surface area contributed by atoms with Crippen molar-refractivity contribution < 1.29 is 0 Å². The molecule has 74 valence electrons. The maximum atomic E-state index is 2.30. The van der Waals surface area contributed by atoms with Gasteiger partial charge in [-0.3, -0.25) is 0 Å². The number of aryl methyl sites for hydroxylation is 2. The number of rotatable bonds is 0. The fourth-order valence-electron chi connectivity index (χ4n) is 3.26. The van der Waals surface area contributed by atoms with Crippen molar-refractivity contribution in [2.24, 2.45) is 5.41 Å². The van der Waals surface area contributed by atoms with Crippen LogP contribution in [0, 0.1) is 19.3 Å². The van der Waals surface area contributed by atoms with E-state index in [1.807, 2.05) is 0 Å². The van der Waals surface area contributed by atoms with Crippen LogP contribution in [0.15, 0.2) is 12.1 Å². The maximum Gasteiger partial charge on any atom is -0.0213 e. The van der Waals surface area contributed by atoms with E-state index < -0.39 is 0 Å². The lowest BCUT2D eigenvalue weighted by Gasteiger charge is -2.38. The van der Waals surface area contributed by atoms with Crippen LogP contribution in [-0.4, -0.2) is 0 Å². The van der Waals surface area contributed by atoms with E-state index in [0.717, 1.165) is 0 Å². The van der Waals surface area contributed by atoms with Gasteiger partial charge in [-0.1, -0.05) is 18.6 Å². The predicted molar refractivity (Wildman–Crippen MR) is 59.6 cm³/mol. The summed E-state index contributed by atoms with van der Waals surface area (Å²) in [5.74, 6) is 0. The molecule has 2 aliphatic rings. The average molecular weight is 186 g/mol. The fourth-order valence-corrected chi connectivity index (χ4v) is 3.26. The molecule has 3 rings (SSSR count). The summed E-state index contributed by atoms with van der Waals surface area (Å²) in [6, 6.07) is 4.59. The van der Waals surface area contributed by atoms with Gasteiger partial charge < -0.3 is 0 Å². The lowest BCUT2D eigenvalue weighted by molar-refractivity contribution is 0.149. The summed E-state index contributed by atoms with van der Waals surface area (Å²) in [4.78, 5) is 0. The zero-order valence-electron chi connectivity index (χ0n) is 9.19. The van der Waals surface area contributed by atoms with Gasteiger partial charge in [0.2, 0.25) is 0 Å². The van der Waals surface area contributed by atoms with Gasteiger partial charge in [0.15, 0.2) is 0 Å². The van der Waals surface area contributed by atoms with Crippen molar-refractivity contribution in [3.63, 3.8) is 0 Å². The molecule has 1 spiro atoms. The van der Waals surface area contributed by atoms with Gasteiger partial charge in [-0.15, -0.1) is 0 Å². The molecule has 1 saturated carbocycles. The summed E-state index contributed by atoms with van der Waals surface area (Å²) < 4.78 is 0. The normalized spacial score (nSPS) is 22.1. The molecule has 0 saturated heterocycles. The first-order valence-electron chi connectivity index (χ1n) is 5.78. The lowest BCUT2D eigenvalue weighted by atomic mass is 9.67. The molecular weight excluding hydrogens is 168 g/mol. The fraction of sp³-hybridized carbons (Fsp3) is 0.571. The van der Waals surface area contributed by atoms with Gasteiger partial charge >= 0.3 is 0 Å². The SMILES string of the molecule is Cc1ccc(C)c2c1CC1(CCC1)C2. The van der Waals surface area contributed by atoms with Crippen LogP contribution in [-0.2, 0) is 12.8 Å². The Morgan fingerprint density at radius 2 is 1.43 bits per heavy atom. The molecule has 2 aliphatic carbocycles. The van der Waals surface area contributed by atoms with Gasteiger partial charge in [0, 0.05) is 0 Å². The third-order valence-corrected chi connectivity index (χ3v) is 4.42. The zero-order chi connectivity index (χ0) is 9.76. The molecule has 0 aromatic heterocycles. The largest absolute Gasteiger partial charge is 0.0588 e. The third-order valence-electron chi connectivity index (χ3n) is 4.42. The van der Waals surface area contributed by atoms with Gasteiger partial charge in [0.25, 0.3) is 0 Å². The molecule has 0 unspecified atom stereocenters. The van der Waals surface area contributed by atoms with Crippen molar-refractivity contribution in [3.8, 4) is 0 Å². The summed E-state index contributed by atoms with van der Waals surface area (Å²) in [5.41, 5.74) is 7.12. The third kappa shape index (κ3) is 1.00. The molecule has 1 aromatic carbocycles. The average Bonchev–Trinajstić information content (AvgIpc) is 2.52. The highest BCUT2D eigenvalue weighted by molar-refractivity contribution is 5.45. The summed E-state index contributed by atoms with van der Waals surface area (Å²) in [7, 11) is 0. The molecule has 1 fully saturated rings. The highest BCUT2D eigenvalue weighted by Crippen LogP contribution is 2.52. The van der Waals surface area contributed by atoms with E-state index >= 15 is 0 Å². The lowest BCUT2D eigenvalue weighted by Crippen LogP contribution is -2.29. The predicted octanol–water partition coefficient (Wildman–Crippen LogP) is 3.57. The van der Waals surface area contributed by atoms with Gasteiger partial charge in [-0.05, 0) is 67.2 Å². The topological polar surface area (TPSA) is 0 Å². The standard InChI is InChI=1S/C14H18/c1-10-4-5-11(2)13-9-14(6-3-7-14)8-12(10)13/h4-5H,3,6-9H2,1-2H3. The van der Waals surface area contributed by atoms with Crippen LogP contribution in [0.25, 0.3) is 0 Å². The molecule has 14 heavy (non-hydrogen) atoms. The smallest absolute Gasteiger partial charge is 0.0213 e. The highest BCUT2D eigenvalue weighted by atomic mass is 14.5. The Kier molecular flexibility index (Phi) is 1.60. The summed E-state index contributed by atoms with van der Waals surface area (Å²) in [5, 5.41) is 0. The van der Waals surface area contributed by atoms with Gasteiger partial charge in [-0.25, -0.2) is 0 Å². The molecule has 0 bridgehead atoms. The van der Waals surface area contributed by atoms with Gasteiger partial charge in [-0.2, -0.15) is 0 Å². The van der Waals surface area contributed by atoms with Crippen molar-refractivity contribution in [2.75, 3.05) is 0 Å². The highest BCUT2D eigenvalue weighted by Gasteiger charge is 2.42. The Labute approximate surface area is 86.3 Å². The second-order valence-electron chi connectivity index (χ2n) is 5.36. The Hall–Kier alpha value is -0.780. The molecule has 0 atom stereocenters. The molecule has 0 nitrogen and oxygen atoms in total. The van der Waals surface area contributed by atoms with E-state index in [1.54, 1.807) is 11.1 Å². The number of benzene rings is 1. The van der Waals surface area contributed by atoms with Gasteiger partial charge in [0.1, 0.15) is 0 Å². The molecule has 0 N–H and O–H groups in total. The van der Waals surface area contributed by atoms with Crippen LogP contribution >= 0.6 is 0 Å². The Balaban J connectivity index is 2.08. The van der Waals surface area contributed by atoms with Crippen LogP contribution in [0.1, 0.15) is 41.5 Å². The molecule has 0 heterocycles. The van der Waals surface area contributed by atoms with Crippen LogP contribution in [0.5, 0.6) is 0 Å². The van der Waals surface area contributed by atoms with E-state index in [0.29, 0.717) is 5.41 Å². The van der Waals surface area contributed by atoms with Crippen LogP contribution in [0.2, 0.25) is 0 Å². The summed E-state index contributed by atoms with van der Waals surface area (Å²) >= 11 is 0. The Bertz CT molecular complexity index is 350. The van der Waals surface area contributed by atoms with E-state index in [-0.39, 0.29) is 0 Å². The first kappa shape index (κ1) is 8.52. The summed E-state index contributed by atoms with van der Waals surface area (Å²) in [6.07, 6.45) is 7.15. The van der Waals surface area contributed by atoms with Crippen molar-refractivity contribution >= 4 is 0 Å². The van der Waals surface area contributed by atoms with Crippen molar-refractivity contribution in [1.29, 1.82) is 0 Å². The minimum atomic E-state index is 0.708. The van der Waals surface area contributed by atoms with Crippen molar-refractivity contribution in [3.05, 3.63) is 34.4 Å². The number of hydrogen-bond donors (Lipinski definition) is 0. The molecule has 0 radical (unpaired) electrons. The molecule has 1 aromatic rings. The first-order valence-corrected chi connectivity index (χ1v) is 5.78. The Morgan fingerprint density at radius 3 is 1.79 bits per heavy atom. The van der Waals surface area contributed by atoms with Crippen molar-refractivity contribution in [2.45, 2.75) is 46.0 Å². The Morgan fingerprint density at radius 1 is 0.929 bits per heavy atom. The number of fused-ring (bicyclic) bond motifs is 1. The van der Waals surface area contributed by atoms with E-state index in [1.165, 1.54) is 43.2 Å². The van der Waals surface area contributed by atoms with E-state index in [9.17, 15) is 0 Å². The monoisotopic (exact) mass is 186 g/mol. The quantitative estimate of drug-likeness (QED) is 0.581. The van der Waals surface area contributed by atoms with Crippen LogP contribution in [0.4, 0.5) is 0 Å². The molecule has 0 heteroatoms. The van der Waals surface area contributed by atoms with Crippen LogP contribution < -0.4 is 0 Å². The molecular formula is C14H18. The first-order chi connectivity index (χ1) is 6.70. The number of hydrogen-bond acceptors (Lipinski definition) is 0. The minimum Gasteiger partial charge on any atom is -0.0588 e. The second-order valence-corrected chi connectivity index (χ2v) is 5.36. The second kappa shape index (κ2) is 2.62.